The van der Waals surface area contributed by atoms with Crippen molar-refractivity contribution >= 4 is 57.7 Å². The van der Waals surface area contributed by atoms with E-state index in [2.05, 4.69) is 38.2 Å². The Morgan fingerprint density at radius 1 is 1.19 bits per heavy atom. The topological polar surface area (TPSA) is 54.0 Å². The molecule has 1 aromatic heterocycles. The Balaban J connectivity index is 1.86. The third-order valence-corrected chi connectivity index (χ3v) is 3.27. The van der Waals surface area contributed by atoms with Crippen LogP contribution < -0.4 is 10.6 Å². The van der Waals surface area contributed by atoms with Crippen molar-refractivity contribution in [2.24, 2.45) is 0 Å². The lowest BCUT2D eigenvalue weighted by molar-refractivity contribution is -0.115. The number of carbonyl (C=O) groups excluding carboxylic acids is 1. The predicted molar refractivity (Wildman–Crippen MR) is 96.8 cm³/mol. The first kappa shape index (κ1) is 15.6. The number of halogens is 1. The Morgan fingerprint density at radius 2 is 1.95 bits per heavy atom. The van der Waals surface area contributed by atoms with E-state index < -0.39 is 0 Å². The summed E-state index contributed by atoms with van der Waals surface area (Å²) in [6.07, 6.45) is 4.87. The van der Waals surface area contributed by atoms with E-state index in [0.29, 0.717) is 5.82 Å². The third kappa shape index (κ3) is 5.60. The van der Waals surface area contributed by atoms with Crippen molar-refractivity contribution in [3.05, 3.63) is 63.9 Å². The number of amides is 1. The van der Waals surface area contributed by atoms with Crippen LogP contribution in [0.15, 0.2) is 54.7 Å². The number of carbonyl (C=O) groups is 1. The number of thiocarbonyl (C=S) groups is 1. The molecule has 0 aliphatic heterocycles. The Bertz CT molecular complexity index is 656. The highest BCUT2D eigenvalue weighted by Crippen LogP contribution is 2.06. The summed E-state index contributed by atoms with van der Waals surface area (Å²) in [5.41, 5.74) is 0.950. The molecule has 0 unspecified atom stereocenters. The van der Waals surface area contributed by atoms with Crippen LogP contribution in [0.4, 0.5) is 5.82 Å². The fourth-order valence-electron chi connectivity index (χ4n) is 1.49. The molecule has 106 valence electrons. The van der Waals surface area contributed by atoms with Crippen LogP contribution in [0.2, 0.25) is 0 Å². The predicted octanol–water partition coefficient (Wildman–Crippen LogP) is 3.21. The number of hydrogen-bond donors (Lipinski definition) is 2. The number of benzene rings is 1. The summed E-state index contributed by atoms with van der Waals surface area (Å²) in [6.45, 7) is 0. The number of aromatic nitrogens is 1. The Hall–Kier alpha value is -1.80. The van der Waals surface area contributed by atoms with Crippen LogP contribution in [0.25, 0.3) is 6.08 Å². The molecule has 1 amide bonds. The summed E-state index contributed by atoms with van der Waals surface area (Å²) >= 11 is 7.22. The van der Waals surface area contributed by atoms with Crippen molar-refractivity contribution < 1.29 is 4.79 Å². The van der Waals surface area contributed by atoms with Gasteiger partial charge in [-0.1, -0.05) is 30.3 Å². The number of pyridine rings is 1. The molecule has 4 nitrogen and oxygen atoms in total. The SMILES string of the molecule is O=C(/C=C/c1ccccc1)NC(=S)Nc1ccc(I)cn1. The number of hydrogen-bond acceptors (Lipinski definition) is 3. The fraction of sp³-hybridized carbons (Fsp3) is 0. The van der Waals surface area contributed by atoms with Gasteiger partial charge in [-0.3, -0.25) is 10.1 Å². The molecule has 0 bridgehead atoms. The molecule has 0 saturated heterocycles. The lowest BCUT2D eigenvalue weighted by Gasteiger charge is -2.07. The standard InChI is InChI=1S/C15H12IN3OS/c16-12-7-8-13(17-10-12)18-15(21)19-14(20)9-6-11-4-2-1-3-5-11/h1-10H,(H2,17,18,19,20,21)/b9-6+. The highest BCUT2D eigenvalue weighted by molar-refractivity contribution is 14.1. The van der Waals surface area contributed by atoms with Crippen molar-refractivity contribution in [2.45, 2.75) is 0 Å². The van der Waals surface area contributed by atoms with Gasteiger partial charge in [0.1, 0.15) is 5.82 Å². The molecule has 6 heteroatoms. The van der Waals surface area contributed by atoms with E-state index in [9.17, 15) is 4.79 Å². The van der Waals surface area contributed by atoms with Crippen LogP contribution >= 0.6 is 34.8 Å². The van der Waals surface area contributed by atoms with Gasteiger partial charge in [0.05, 0.1) is 0 Å². The zero-order valence-corrected chi connectivity index (χ0v) is 13.9. The lowest BCUT2D eigenvalue weighted by atomic mass is 10.2. The molecule has 0 spiro atoms. The molecule has 0 radical (unpaired) electrons. The first-order valence-electron chi connectivity index (χ1n) is 6.10. The Morgan fingerprint density at radius 3 is 2.62 bits per heavy atom. The van der Waals surface area contributed by atoms with E-state index in [4.69, 9.17) is 12.2 Å². The first-order chi connectivity index (χ1) is 10.1. The second-order valence-corrected chi connectivity index (χ2v) is 5.70. The number of rotatable bonds is 3. The molecule has 1 aromatic carbocycles. The molecule has 0 atom stereocenters. The number of nitrogens with zero attached hydrogens (tertiary/aromatic N) is 1. The summed E-state index contributed by atoms with van der Waals surface area (Å²) in [7, 11) is 0. The minimum absolute atomic E-state index is 0.214. The fourth-order valence-corrected chi connectivity index (χ4v) is 2.01. The summed E-state index contributed by atoms with van der Waals surface area (Å²) in [4.78, 5) is 15.9. The lowest BCUT2D eigenvalue weighted by Crippen LogP contribution is -2.33. The van der Waals surface area contributed by atoms with Gasteiger partial charge in [0, 0.05) is 15.8 Å². The molecule has 2 rings (SSSR count). The van der Waals surface area contributed by atoms with Gasteiger partial charge in [0.25, 0.3) is 0 Å². The zero-order valence-electron chi connectivity index (χ0n) is 10.9. The summed E-state index contributed by atoms with van der Waals surface area (Å²) in [6, 6.07) is 13.3. The Labute approximate surface area is 141 Å². The third-order valence-electron chi connectivity index (χ3n) is 2.43. The molecule has 1 heterocycles. The first-order valence-corrected chi connectivity index (χ1v) is 7.59. The number of anilines is 1. The molecular formula is C15H12IN3OS. The largest absolute Gasteiger partial charge is 0.317 e. The number of nitrogens with one attached hydrogen (secondary N) is 2. The Kier molecular flexibility index (Phi) is 5.82. The molecule has 0 fully saturated rings. The van der Waals surface area contributed by atoms with E-state index in [1.165, 1.54) is 6.08 Å². The normalized spacial score (nSPS) is 10.3. The average molecular weight is 409 g/mol. The van der Waals surface area contributed by atoms with Crippen LogP contribution in [0, 0.1) is 3.57 Å². The molecule has 0 aliphatic carbocycles. The van der Waals surface area contributed by atoms with E-state index >= 15 is 0 Å². The minimum atomic E-state index is -0.290. The average Bonchev–Trinajstić information content (AvgIpc) is 2.48. The van der Waals surface area contributed by atoms with Gasteiger partial charge in [0.2, 0.25) is 5.91 Å². The van der Waals surface area contributed by atoms with E-state index in [1.807, 2.05) is 36.4 Å². The quantitative estimate of drug-likeness (QED) is 0.465. The van der Waals surface area contributed by atoms with E-state index in [1.54, 1.807) is 18.3 Å². The summed E-state index contributed by atoms with van der Waals surface area (Å²) < 4.78 is 1.03. The van der Waals surface area contributed by atoms with Gasteiger partial charge in [-0.25, -0.2) is 4.98 Å². The maximum Gasteiger partial charge on any atom is 0.250 e. The van der Waals surface area contributed by atoms with Crippen molar-refractivity contribution in [1.82, 2.24) is 10.3 Å². The second-order valence-electron chi connectivity index (χ2n) is 4.05. The van der Waals surface area contributed by atoms with Crippen LogP contribution in [-0.4, -0.2) is 16.0 Å². The molecule has 2 aromatic rings. The van der Waals surface area contributed by atoms with Crippen LogP contribution in [-0.2, 0) is 4.79 Å². The summed E-state index contributed by atoms with van der Waals surface area (Å²) in [5, 5.41) is 5.63. The van der Waals surface area contributed by atoms with Gasteiger partial charge >= 0.3 is 0 Å². The van der Waals surface area contributed by atoms with E-state index in [-0.39, 0.29) is 11.0 Å². The van der Waals surface area contributed by atoms with Gasteiger partial charge in [-0.05, 0) is 58.6 Å². The molecule has 0 aliphatic rings. The van der Waals surface area contributed by atoms with E-state index in [0.717, 1.165) is 9.13 Å². The highest BCUT2D eigenvalue weighted by atomic mass is 127. The van der Waals surface area contributed by atoms with Gasteiger partial charge in [-0.15, -0.1) is 0 Å². The maximum absolute atomic E-state index is 11.7. The van der Waals surface area contributed by atoms with Gasteiger partial charge < -0.3 is 5.32 Å². The van der Waals surface area contributed by atoms with Crippen LogP contribution in [0.5, 0.6) is 0 Å². The van der Waals surface area contributed by atoms with Crippen molar-refractivity contribution in [3.8, 4) is 0 Å². The second kappa shape index (κ2) is 7.84. The molecule has 2 N–H and O–H groups in total. The smallest absolute Gasteiger partial charge is 0.250 e. The molecule has 21 heavy (non-hydrogen) atoms. The minimum Gasteiger partial charge on any atom is -0.317 e. The van der Waals surface area contributed by atoms with Crippen molar-refractivity contribution in [1.29, 1.82) is 0 Å². The maximum atomic E-state index is 11.7. The monoisotopic (exact) mass is 409 g/mol. The van der Waals surface area contributed by atoms with Crippen molar-refractivity contribution in [3.63, 3.8) is 0 Å². The summed E-state index contributed by atoms with van der Waals surface area (Å²) in [5.74, 6) is 0.301. The highest BCUT2D eigenvalue weighted by Gasteiger charge is 2.02. The molecular weight excluding hydrogens is 397 g/mol. The van der Waals surface area contributed by atoms with Gasteiger partial charge in [-0.2, -0.15) is 0 Å². The van der Waals surface area contributed by atoms with Gasteiger partial charge in [0.15, 0.2) is 5.11 Å². The zero-order chi connectivity index (χ0) is 15.1. The van der Waals surface area contributed by atoms with Crippen LogP contribution in [0.3, 0.4) is 0 Å². The molecule has 0 saturated carbocycles. The van der Waals surface area contributed by atoms with Crippen LogP contribution in [0.1, 0.15) is 5.56 Å². The van der Waals surface area contributed by atoms with Crippen molar-refractivity contribution in [2.75, 3.05) is 5.32 Å².